The van der Waals surface area contributed by atoms with Crippen molar-refractivity contribution >= 4 is 12.7 Å². The van der Waals surface area contributed by atoms with Crippen LogP contribution in [0.1, 0.15) is 6.92 Å². The molecule has 2 unspecified atom stereocenters. The molecule has 1 aromatic carbocycles. The maximum atomic E-state index is 12.8. The lowest BCUT2D eigenvalue weighted by Gasteiger charge is -2.17. The molecule has 1 aliphatic rings. The van der Waals surface area contributed by atoms with Crippen molar-refractivity contribution in [2.75, 3.05) is 19.4 Å². The van der Waals surface area contributed by atoms with Crippen LogP contribution in [0.4, 0.5) is 4.39 Å². The first kappa shape index (κ1) is 11.8. The van der Waals surface area contributed by atoms with E-state index in [1.54, 1.807) is 6.92 Å². The van der Waals surface area contributed by atoms with Gasteiger partial charge in [-0.2, -0.15) is 0 Å². The average Bonchev–Trinajstić information content (AvgIpc) is 3.02. The summed E-state index contributed by atoms with van der Waals surface area (Å²) in [6, 6.07) is 5.64. The van der Waals surface area contributed by atoms with Crippen LogP contribution in [0.25, 0.3) is 0 Å². The minimum absolute atomic E-state index is 0.0300. The molecule has 0 radical (unpaired) electrons. The molecular formula is C11H14FO3P. The largest absolute Gasteiger partial charge is 0.373 e. The van der Waals surface area contributed by atoms with E-state index in [9.17, 15) is 8.96 Å². The lowest BCUT2D eigenvalue weighted by Crippen LogP contribution is -2.13. The number of halogens is 1. The molecule has 2 rings (SSSR count). The highest BCUT2D eigenvalue weighted by atomic mass is 31.2. The molecular weight excluding hydrogens is 230 g/mol. The molecule has 5 heteroatoms. The highest BCUT2D eigenvalue weighted by molar-refractivity contribution is 7.67. The second-order valence-electron chi connectivity index (χ2n) is 3.71. The number of ether oxygens (including phenoxy) is 1. The normalized spacial score (nSPS) is 22.8. The second kappa shape index (κ2) is 4.66. The van der Waals surface area contributed by atoms with Crippen LogP contribution in [0, 0.1) is 5.82 Å². The Bertz CT molecular complexity index is 400. The summed E-state index contributed by atoms with van der Waals surface area (Å²) < 4.78 is 35.8. The van der Waals surface area contributed by atoms with Crippen LogP contribution in [-0.2, 0) is 13.8 Å². The van der Waals surface area contributed by atoms with E-state index < -0.39 is 7.37 Å². The lowest BCUT2D eigenvalue weighted by molar-refractivity contribution is 0.334. The van der Waals surface area contributed by atoms with Crippen molar-refractivity contribution < 1.29 is 18.2 Å². The van der Waals surface area contributed by atoms with Gasteiger partial charge in [-0.05, 0) is 31.2 Å². The summed E-state index contributed by atoms with van der Waals surface area (Å²) in [5.41, 5.74) is 0. The monoisotopic (exact) mass is 244 g/mol. The second-order valence-corrected chi connectivity index (χ2v) is 6.19. The van der Waals surface area contributed by atoms with E-state index in [2.05, 4.69) is 0 Å². The number of hydrogen-bond acceptors (Lipinski definition) is 3. The third kappa shape index (κ3) is 2.70. The highest BCUT2D eigenvalue weighted by Crippen LogP contribution is 2.48. The van der Waals surface area contributed by atoms with Crippen LogP contribution < -0.4 is 5.30 Å². The smallest absolute Gasteiger partial charge is 0.234 e. The van der Waals surface area contributed by atoms with Crippen molar-refractivity contribution in [3.05, 3.63) is 30.1 Å². The summed E-state index contributed by atoms with van der Waals surface area (Å²) >= 11 is 0. The van der Waals surface area contributed by atoms with E-state index in [-0.39, 0.29) is 11.9 Å². The van der Waals surface area contributed by atoms with Crippen molar-refractivity contribution in [2.24, 2.45) is 0 Å². The van der Waals surface area contributed by atoms with Crippen molar-refractivity contribution in [1.82, 2.24) is 0 Å². The molecule has 0 spiro atoms. The summed E-state index contributed by atoms with van der Waals surface area (Å²) in [6.45, 7) is 2.81. The standard InChI is InChI=1S/C11H14FO3P/c1-2-15-16(13,8-10-7-14-10)11-5-3-9(12)4-6-11/h3-6,10H,2,7-8H2,1H3. The predicted octanol–water partition coefficient (Wildman–Crippen LogP) is 2.16. The maximum absolute atomic E-state index is 12.8. The summed E-state index contributed by atoms with van der Waals surface area (Å²) in [5.74, 6) is -0.338. The van der Waals surface area contributed by atoms with Crippen molar-refractivity contribution in [2.45, 2.75) is 13.0 Å². The van der Waals surface area contributed by atoms with E-state index in [0.717, 1.165) is 0 Å². The van der Waals surface area contributed by atoms with Gasteiger partial charge in [0.05, 0.1) is 25.5 Å². The summed E-state index contributed by atoms with van der Waals surface area (Å²) in [6.07, 6.45) is 0.411. The first-order valence-electron chi connectivity index (χ1n) is 5.25. The third-order valence-electron chi connectivity index (χ3n) is 2.40. The van der Waals surface area contributed by atoms with Gasteiger partial charge in [0.25, 0.3) is 0 Å². The average molecular weight is 244 g/mol. The van der Waals surface area contributed by atoms with Crippen LogP contribution in [0.15, 0.2) is 24.3 Å². The first-order chi connectivity index (χ1) is 7.64. The fourth-order valence-corrected chi connectivity index (χ4v) is 3.78. The number of rotatable bonds is 5. The fourth-order valence-electron chi connectivity index (χ4n) is 1.55. The molecule has 0 saturated carbocycles. The van der Waals surface area contributed by atoms with E-state index in [1.165, 1.54) is 24.3 Å². The number of benzene rings is 1. The zero-order valence-corrected chi connectivity index (χ0v) is 9.95. The predicted molar refractivity (Wildman–Crippen MR) is 59.9 cm³/mol. The van der Waals surface area contributed by atoms with Crippen molar-refractivity contribution in [1.29, 1.82) is 0 Å². The molecule has 16 heavy (non-hydrogen) atoms. The highest BCUT2D eigenvalue weighted by Gasteiger charge is 2.35. The van der Waals surface area contributed by atoms with Crippen LogP contribution in [0.3, 0.4) is 0 Å². The zero-order valence-electron chi connectivity index (χ0n) is 9.06. The van der Waals surface area contributed by atoms with Gasteiger partial charge in [-0.1, -0.05) is 0 Å². The van der Waals surface area contributed by atoms with E-state index in [4.69, 9.17) is 9.26 Å². The van der Waals surface area contributed by atoms with Gasteiger partial charge in [0, 0.05) is 5.30 Å². The van der Waals surface area contributed by atoms with E-state index in [1.807, 2.05) is 0 Å². The topological polar surface area (TPSA) is 38.8 Å². The van der Waals surface area contributed by atoms with Gasteiger partial charge < -0.3 is 9.26 Å². The Balaban J connectivity index is 2.22. The molecule has 88 valence electrons. The minimum atomic E-state index is -2.88. The molecule has 1 aliphatic heterocycles. The Morgan fingerprint density at radius 3 is 2.62 bits per heavy atom. The molecule has 2 atom stereocenters. The Labute approximate surface area is 94.0 Å². The van der Waals surface area contributed by atoms with Crippen LogP contribution in [-0.4, -0.2) is 25.5 Å². The maximum Gasteiger partial charge on any atom is 0.234 e. The molecule has 0 amide bonds. The SMILES string of the molecule is CCOP(=O)(CC1CO1)c1ccc(F)cc1. The fraction of sp³-hybridized carbons (Fsp3) is 0.455. The molecule has 0 N–H and O–H groups in total. The molecule has 0 bridgehead atoms. The quantitative estimate of drug-likeness (QED) is 0.588. The van der Waals surface area contributed by atoms with Gasteiger partial charge in [0.15, 0.2) is 0 Å². The Kier molecular flexibility index (Phi) is 3.43. The molecule has 1 saturated heterocycles. The minimum Gasteiger partial charge on any atom is -0.373 e. The summed E-state index contributed by atoms with van der Waals surface area (Å²) in [4.78, 5) is 0. The Morgan fingerprint density at radius 1 is 1.50 bits per heavy atom. The van der Waals surface area contributed by atoms with E-state index >= 15 is 0 Å². The van der Waals surface area contributed by atoms with Crippen molar-refractivity contribution in [3.63, 3.8) is 0 Å². The van der Waals surface area contributed by atoms with E-state index in [0.29, 0.717) is 24.7 Å². The van der Waals surface area contributed by atoms with Gasteiger partial charge in [-0.3, -0.25) is 4.57 Å². The molecule has 0 aliphatic carbocycles. The van der Waals surface area contributed by atoms with Crippen LogP contribution in [0.5, 0.6) is 0 Å². The van der Waals surface area contributed by atoms with Crippen molar-refractivity contribution in [3.8, 4) is 0 Å². The zero-order chi connectivity index (χ0) is 11.6. The molecule has 0 aromatic heterocycles. The summed E-state index contributed by atoms with van der Waals surface area (Å²) in [7, 11) is -2.88. The number of hydrogen-bond donors (Lipinski definition) is 0. The van der Waals surface area contributed by atoms with Gasteiger partial charge in [-0.25, -0.2) is 4.39 Å². The molecule has 1 fully saturated rings. The molecule has 3 nitrogen and oxygen atoms in total. The van der Waals surface area contributed by atoms with Gasteiger partial charge in [0.2, 0.25) is 7.37 Å². The molecule has 1 heterocycles. The van der Waals surface area contributed by atoms with Gasteiger partial charge in [-0.15, -0.1) is 0 Å². The lowest BCUT2D eigenvalue weighted by atomic mass is 10.3. The first-order valence-corrected chi connectivity index (χ1v) is 7.06. The third-order valence-corrected chi connectivity index (χ3v) is 5.05. The van der Waals surface area contributed by atoms with Gasteiger partial charge >= 0.3 is 0 Å². The van der Waals surface area contributed by atoms with Gasteiger partial charge in [0.1, 0.15) is 5.82 Å². The van der Waals surface area contributed by atoms with Crippen LogP contribution in [0.2, 0.25) is 0 Å². The summed E-state index contributed by atoms with van der Waals surface area (Å²) in [5, 5.41) is 0.561. The Hall–Kier alpha value is -0.700. The Morgan fingerprint density at radius 2 is 2.12 bits per heavy atom. The molecule has 1 aromatic rings. The van der Waals surface area contributed by atoms with Crippen LogP contribution >= 0.6 is 7.37 Å². The number of epoxide rings is 1.